The second-order valence-corrected chi connectivity index (χ2v) is 8.62. The van der Waals surface area contributed by atoms with Crippen LogP contribution < -0.4 is 10.3 Å². The van der Waals surface area contributed by atoms with Gasteiger partial charge in [0.15, 0.2) is 11.9 Å². The zero-order valence-electron chi connectivity index (χ0n) is 16.1. The average Bonchev–Trinajstić information content (AvgIpc) is 2.74. The second-order valence-electron chi connectivity index (χ2n) is 6.76. The molecule has 10 heteroatoms. The van der Waals surface area contributed by atoms with Gasteiger partial charge in [-0.3, -0.25) is 19.5 Å². The number of non-ortho nitro benzene ring substituents is 1. The highest BCUT2D eigenvalue weighted by molar-refractivity contribution is 9.10. The van der Waals surface area contributed by atoms with E-state index in [2.05, 4.69) is 20.9 Å². The first-order valence-electron chi connectivity index (χ1n) is 9.31. The van der Waals surface area contributed by atoms with E-state index in [0.29, 0.717) is 45.2 Å². The van der Waals surface area contributed by atoms with Crippen LogP contribution in [0.4, 0.5) is 5.69 Å². The van der Waals surface area contributed by atoms with Crippen LogP contribution in [0.1, 0.15) is 24.5 Å². The van der Waals surface area contributed by atoms with Crippen LogP contribution in [0.2, 0.25) is 0 Å². The van der Waals surface area contributed by atoms with Crippen LogP contribution in [-0.2, 0) is 23.6 Å². The van der Waals surface area contributed by atoms with Gasteiger partial charge in [-0.25, -0.2) is 4.98 Å². The molecule has 0 spiro atoms. The molecule has 0 bridgehead atoms. The number of thioether (sulfide) groups is 1. The standard InChI is InChI=1S/C20H18BrN3O5S/c1-2-5-23-19(25)16-8-14(21)3-4-17(16)22-20(23)30-10-13-7-15(24(26)27)6-12-9-28-11-29-18(12)13/h3-4,6-8H,2,5,9-11H2,1H3. The molecule has 4 rings (SSSR count). The third-order valence-electron chi connectivity index (χ3n) is 4.67. The molecule has 0 N–H and O–H groups in total. The maximum atomic E-state index is 13.0. The van der Waals surface area contributed by atoms with Crippen molar-refractivity contribution in [3.63, 3.8) is 0 Å². The van der Waals surface area contributed by atoms with Gasteiger partial charge in [0.25, 0.3) is 11.2 Å². The number of nitrogens with zero attached hydrogens (tertiary/aromatic N) is 3. The Morgan fingerprint density at radius 2 is 2.17 bits per heavy atom. The van der Waals surface area contributed by atoms with Gasteiger partial charge in [0, 0.05) is 40.0 Å². The second kappa shape index (κ2) is 8.75. The lowest BCUT2D eigenvalue weighted by atomic mass is 10.1. The minimum absolute atomic E-state index is 0.0132. The molecule has 0 saturated carbocycles. The van der Waals surface area contributed by atoms with Crippen LogP contribution in [0, 0.1) is 10.1 Å². The van der Waals surface area contributed by atoms with E-state index in [-0.39, 0.29) is 24.6 Å². The minimum Gasteiger partial charge on any atom is -0.467 e. The largest absolute Gasteiger partial charge is 0.467 e. The van der Waals surface area contributed by atoms with E-state index < -0.39 is 4.92 Å². The lowest BCUT2D eigenvalue weighted by Crippen LogP contribution is -2.23. The van der Waals surface area contributed by atoms with Gasteiger partial charge in [-0.2, -0.15) is 0 Å². The molecule has 156 valence electrons. The van der Waals surface area contributed by atoms with E-state index in [1.165, 1.54) is 23.9 Å². The Balaban J connectivity index is 1.74. The van der Waals surface area contributed by atoms with Gasteiger partial charge in [-0.15, -0.1) is 0 Å². The highest BCUT2D eigenvalue weighted by Crippen LogP contribution is 2.36. The van der Waals surface area contributed by atoms with Crippen molar-refractivity contribution >= 4 is 44.3 Å². The summed E-state index contributed by atoms with van der Waals surface area (Å²) in [6, 6.07) is 8.41. The van der Waals surface area contributed by atoms with E-state index in [1.807, 2.05) is 13.0 Å². The quantitative estimate of drug-likeness (QED) is 0.214. The van der Waals surface area contributed by atoms with Crippen LogP contribution in [0.5, 0.6) is 5.75 Å². The summed E-state index contributed by atoms with van der Waals surface area (Å²) < 4.78 is 13.3. The van der Waals surface area contributed by atoms with Gasteiger partial charge in [0.2, 0.25) is 0 Å². The SMILES string of the molecule is CCCn1c(SCc2cc([N+](=O)[O-])cc3c2OCOC3)nc2ccc(Br)cc2c1=O. The molecule has 2 heterocycles. The summed E-state index contributed by atoms with van der Waals surface area (Å²) in [5.41, 5.74) is 1.83. The fourth-order valence-corrected chi connectivity index (χ4v) is 4.69. The number of nitro benzene ring substituents is 1. The topological polar surface area (TPSA) is 96.5 Å². The fourth-order valence-electron chi connectivity index (χ4n) is 3.34. The van der Waals surface area contributed by atoms with Gasteiger partial charge < -0.3 is 9.47 Å². The van der Waals surface area contributed by atoms with Gasteiger partial charge in [-0.1, -0.05) is 34.6 Å². The Morgan fingerprint density at radius 1 is 1.33 bits per heavy atom. The first-order valence-corrected chi connectivity index (χ1v) is 11.1. The molecule has 0 aliphatic carbocycles. The molecule has 3 aromatic rings. The van der Waals surface area contributed by atoms with Crippen LogP contribution in [-0.4, -0.2) is 21.3 Å². The Labute approximate surface area is 184 Å². The van der Waals surface area contributed by atoms with E-state index in [1.54, 1.807) is 16.7 Å². The zero-order chi connectivity index (χ0) is 21.3. The smallest absolute Gasteiger partial charge is 0.270 e. The zero-order valence-corrected chi connectivity index (χ0v) is 18.5. The predicted molar refractivity (Wildman–Crippen MR) is 117 cm³/mol. The molecular weight excluding hydrogens is 474 g/mol. The molecule has 1 aliphatic rings. The minimum atomic E-state index is -0.428. The van der Waals surface area contributed by atoms with Crippen molar-refractivity contribution in [2.45, 2.75) is 37.4 Å². The number of aromatic nitrogens is 2. The average molecular weight is 492 g/mol. The molecule has 0 amide bonds. The van der Waals surface area contributed by atoms with Crippen LogP contribution in [0.25, 0.3) is 10.9 Å². The molecule has 30 heavy (non-hydrogen) atoms. The summed E-state index contributed by atoms with van der Waals surface area (Å²) in [6.07, 6.45) is 0.779. The van der Waals surface area contributed by atoms with Crippen molar-refractivity contribution in [1.29, 1.82) is 0 Å². The number of nitro groups is 1. The summed E-state index contributed by atoms with van der Waals surface area (Å²) in [6.45, 7) is 2.90. The van der Waals surface area contributed by atoms with Crippen LogP contribution in [0.15, 0.2) is 44.8 Å². The first kappa shape index (κ1) is 20.8. The van der Waals surface area contributed by atoms with E-state index in [4.69, 9.17) is 9.47 Å². The molecule has 0 unspecified atom stereocenters. The van der Waals surface area contributed by atoms with E-state index in [9.17, 15) is 14.9 Å². The molecule has 0 radical (unpaired) electrons. The summed E-state index contributed by atoms with van der Waals surface area (Å²) in [5.74, 6) is 0.982. The molecule has 2 aromatic carbocycles. The van der Waals surface area contributed by atoms with E-state index in [0.717, 1.165) is 10.9 Å². The lowest BCUT2D eigenvalue weighted by Gasteiger charge is -2.20. The first-order chi connectivity index (χ1) is 14.5. The number of rotatable bonds is 6. The third-order valence-corrected chi connectivity index (χ3v) is 6.19. The monoisotopic (exact) mass is 491 g/mol. The van der Waals surface area contributed by atoms with Crippen molar-refractivity contribution in [2.75, 3.05) is 6.79 Å². The fraction of sp³-hybridized carbons (Fsp3) is 0.300. The van der Waals surface area contributed by atoms with Gasteiger partial charge in [0.1, 0.15) is 5.75 Å². The lowest BCUT2D eigenvalue weighted by molar-refractivity contribution is -0.385. The highest BCUT2D eigenvalue weighted by Gasteiger charge is 2.22. The van der Waals surface area contributed by atoms with Crippen molar-refractivity contribution in [2.24, 2.45) is 0 Å². The Bertz CT molecular complexity index is 1200. The summed E-state index contributed by atoms with van der Waals surface area (Å²) in [4.78, 5) is 28.6. The molecule has 1 aromatic heterocycles. The van der Waals surface area contributed by atoms with Crippen LogP contribution in [0.3, 0.4) is 0 Å². The molecular formula is C20H18BrN3O5S. The summed E-state index contributed by atoms with van der Waals surface area (Å²) in [5, 5.41) is 12.5. The van der Waals surface area contributed by atoms with Gasteiger partial charge >= 0.3 is 0 Å². The maximum Gasteiger partial charge on any atom is 0.270 e. The van der Waals surface area contributed by atoms with Crippen molar-refractivity contribution < 1.29 is 14.4 Å². The summed E-state index contributed by atoms with van der Waals surface area (Å²) in [7, 11) is 0. The number of halogens is 1. The molecule has 0 saturated heterocycles. The third kappa shape index (κ3) is 4.07. The Hall–Kier alpha value is -2.43. The number of hydrogen-bond donors (Lipinski definition) is 0. The Morgan fingerprint density at radius 3 is 2.93 bits per heavy atom. The van der Waals surface area contributed by atoms with Crippen molar-refractivity contribution in [3.05, 3.63) is 66.4 Å². The number of ether oxygens (including phenoxy) is 2. The molecule has 0 fully saturated rings. The molecule has 1 aliphatic heterocycles. The maximum absolute atomic E-state index is 13.0. The van der Waals surface area contributed by atoms with E-state index >= 15 is 0 Å². The van der Waals surface area contributed by atoms with Gasteiger partial charge in [0.05, 0.1) is 22.4 Å². The Kier molecular flexibility index (Phi) is 6.07. The van der Waals surface area contributed by atoms with Crippen molar-refractivity contribution in [1.82, 2.24) is 9.55 Å². The van der Waals surface area contributed by atoms with Gasteiger partial charge in [-0.05, 0) is 24.6 Å². The van der Waals surface area contributed by atoms with Crippen molar-refractivity contribution in [3.8, 4) is 5.75 Å². The highest BCUT2D eigenvalue weighted by atomic mass is 79.9. The number of fused-ring (bicyclic) bond motifs is 2. The summed E-state index contributed by atoms with van der Waals surface area (Å²) >= 11 is 4.77. The van der Waals surface area contributed by atoms with Crippen LogP contribution >= 0.6 is 27.7 Å². The number of benzene rings is 2. The predicted octanol–water partition coefficient (Wildman–Crippen LogP) is 4.64. The number of hydrogen-bond acceptors (Lipinski definition) is 7. The molecule has 0 atom stereocenters. The molecule has 8 nitrogen and oxygen atoms in total. The normalized spacial score (nSPS) is 13.1.